The lowest BCUT2D eigenvalue weighted by atomic mass is 9.88. The molecule has 1 fully saturated rings. The molecule has 1 saturated heterocycles. The Bertz CT molecular complexity index is 614. The van der Waals surface area contributed by atoms with Gasteiger partial charge in [-0.15, -0.1) is 0 Å². The third kappa shape index (κ3) is 4.34. The van der Waals surface area contributed by atoms with E-state index in [0.29, 0.717) is 0 Å². The maximum atomic E-state index is 10.4. The number of piperidine rings is 1. The molecule has 1 heterocycles. The van der Waals surface area contributed by atoms with Crippen molar-refractivity contribution in [3.05, 3.63) is 65.7 Å². The number of ether oxygens (including phenoxy) is 1. The highest BCUT2D eigenvalue weighted by atomic mass is 16.5. The van der Waals surface area contributed by atoms with Gasteiger partial charge in [0.05, 0.1) is 13.2 Å². The third-order valence-corrected chi connectivity index (χ3v) is 4.66. The molecule has 2 unspecified atom stereocenters. The smallest absolute Gasteiger partial charge is 0.119 e. The van der Waals surface area contributed by atoms with E-state index >= 15 is 0 Å². The summed E-state index contributed by atoms with van der Waals surface area (Å²) < 4.78 is 5.30. The molecule has 3 rings (SSSR count). The van der Waals surface area contributed by atoms with E-state index in [9.17, 15) is 5.11 Å². The average molecular weight is 311 g/mol. The second-order valence-electron chi connectivity index (χ2n) is 6.39. The van der Waals surface area contributed by atoms with Gasteiger partial charge in [0.2, 0.25) is 0 Å². The molecule has 0 saturated carbocycles. The summed E-state index contributed by atoms with van der Waals surface area (Å²) in [4.78, 5) is 2.45. The van der Waals surface area contributed by atoms with Crippen LogP contribution in [0, 0.1) is 5.92 Å². The van der Waals surface area contributed by atoms with Gasteiger partial charge in [0.15, 0.2) is 0 Å². The van der Waals surface area contributed by atoms with E-state index in [0.717, 1.165) is 38.2 Å². The summed E-state index contributed by atoms with van der Waals surface area (Å²) in [6.45, 7) is 2.86. The highest BCUT2D eigenvalue weighted by molar-refractivity contribution is 5.29. The van der Waals surface area contributed by atoms with E-state index in [1.807, 2.05) is 12.1 Å². The summed E-state index contributed by atoms with van der Waals surface area (Å²) in [5, 5.41) is 10.4. The van der Waals surface area contributed by atoms with Crippen molar-refractivity contribution in [2.24, 2.45) is 5.92 Å². The van der Waals surface area contributed by atoms with Crippen molar-refractivity contribution in [1.82, 2.24) is 4.90 Å². The number of aliphatic hydroxyl groups excluding tert-OH is 1. The van der Waals surface area contributed by atoms with Gasteiger partial charge in [-0.05, 0) is 36.1 Å². The van der Waals surface area contributed by atoms with Gasteiger partial charge in [-0.2, -0.15) is 0 Å². The van der Waals surface area contributed by atoms with Gasteiger partial charge in [0, 0.05) is 25.6 Å². The van der Waals surface area contributed by atoms with Crippen LogP contribution in [-0.4, -0.2) is 36.3 Å². The number of methoxy groups -OCH3 is 1. The van der Waals surface area contributed by atoms with Crippen molar-refractivity contribution in [3.63, 3.8) is 0 Å². The summed E-state index contributed by atoms with van der Waals surface area (Å²) in [7, 11) is 1.69. The Balaban J connectivity index is 1.63. The van der Waals surface area contributed by atoms with E-state index in [-0.39, 0.29) is 12.0 Å². The Morgan fingerprint density at radius 1 is 1.09 bits per heavy atom. The molecule has 2 atom stereocenters. The van der Waals surface area contributed by atoms with E-state index in [1.54, 1.807) is 7.11 Å². The first-order valence-electron chi connectivity index (χ1n) is 8.32. The number of benzene rings is 2. The van der Waals surface area contributed by atoms with Crippen LogP contribution in [0.1, 0.15) is 17.5 Å². The van der Waals surface area contributed by atoms with E-state index in [2.05, 4.69) is 47.4 Å². The van der Waals surface area contributed by atoms with Crippen molar-refractivity contribution >= 4 is 0 Å². The number of hydrogen-bond donors (Lipinski definition) is 1. The van der Waals surface area contributed by atoms with Gasteiger partial charge < -0.3 is 9.84 Å². The van der Waals surface area contributed by atoms with Crippen molar-refractivity contribution < 1.29 is 9.84 Å². The quantitative estimate of drug-likeness (QED) is 0.921. The molecule has 0 aromatic heterocycles. The highest BCUT2D eigenvalue weighted by Crippen LogP contribution is 2.24. The minimum atomic E-state index is -0.215. The standard InChI is InChI=1S/C20H25NO2/c1-23-19-9-5-8-17(13-19)12-18-15-21(11-10-20(18)22)14-16-6-3-2-4-7-16/h2-9,13,18,20,22H,10-12,14-15H2,1H3. The van der Waals surface area contributed by atoms with Crippen molar-refractivity contribution in [2.75, 3.05) is 20.2 Å². The number of hydrogen-bond acceptors (Lipinski definition) is 3. The fourth-order valence-electron chi connectivity index (χ4n) is 3.38. The Morgan fingerprint density at radius 3 is 2.65 bits per heavy atom. The molecule has 0 spiro atoms. The molecule has 1 N–H and O–H groups in total. The molecule has 2 aromatic carbocycles. The molecule has 0 aliphatic carbocycles. The zero-order valence-corrected chi connectivity index (χ0v) is 13.7. The van der Waals surface area contributed by atoms with Crippen LogP contribution in [0.25, 0.3) is 0 Å². The second kappa shape index (κ2) is 7.62. The fourth-order valence-corrected chi connectivity index (χ4v) is 3.38. The van der Waals surface area contributed by atoms with Gasteiger partial charge in [-0.3, -0.25) is 4.90 Å². The summed E-state index contributed by atoms with van der Waals surface area (Å²) in [6.07, 6.45) is 1.53. The Hall–Kier alpha value is -1.84. The molecule has 23 heavy (non-hydrogen) atoms. The molecule has 0 amide bonds. The van der Waals surface area contributed by atoms with Gasteiger partial charge in [-0.25, -0.2) is 0 Å². The molecule has 1 aliphatic rings. The van der Waals surface area contributed by atoms with Crippen LogP contribution in [0.3, 0.4) is 0 Å². The zero-order valence-electron chi connectivity index (χ0n) is 13.7. The van der Waals surface area contributed by atoms with Crippen LogP contribution < -0.4 is 4.74 Å². The lowest BCUT2D eigenvalue weighted by Crippen LogP contribution is -2.43. The molecule has 0 radical (unpaired) electrons. The van der Waals surface area contributed by atoms with E-state index < -0.39 is 0 Å². The molecular formula is C20H25NO2. The largest absolute Gasteiger partial charge is 0.497 e. The van der Waals surface area contributed by atoms with Crippen molar-refractivity contribution in [2.45, 2.75) is 25.5 Å². The third-order valence-electron chi connectivity index (χ3n) is 4.66. The molecule has 122 valence electrons. The van der Waals surface area contributed by atoms with Crippen molar-refractivity contribution in [1.29, 1.82) is 0 Å². The van der Waals surface area contributed by atoms with Gasteiger partial charge >= 0.3 is 0 Å². The van der Waals surface area contributed by atoms with Crippen LogP contribution >= 0.6 is 0 Å². The van der Waals surface area contributed by atoms with E-state index in [4.69, 9.17) is 4.74 Å². The van der Waals surface area contributed by atoms with Crippen LogP contribution in [-0.2, 0) is 13.0 Å². The second-order valence-corrected chi connectivity index (χ2v) is 6.39. The molecule has 3 heteroatoms. The SMILES string of the molecule is COc1cccc(CC2CN(Cc3ccccc3)CCC2O)c1. The first-order valence-corrected chi connectivity index (χ1v) is 8.32. The first kappa shape index (κ1) is 16.0. The molecule has 2 aromatic rings. The summed E-state index contributed by atoms with van der Waals surface area (Å²) in [6, 6.07) is 18.7. The molecule has 0 bridgehead atoms. The summed E-state index contributed by atoms with van der Waals surface area (Å²) >= 11 is 0. The maximum absolute atomic E-state index is 10.4. The minimum Gasteiger partial charge on any atom is -0.497 e. The lowest BCUT2D eigenvalue weighted by Gasteiger charge is -2.36. The highest BCUT2D eigenvalue weighted by Gasteiger charge is 2.27. The molecular weight excluding hydrogens is 286 g/mol. The lowest BCUT2D eigenvalue weighted by molar-refractivity contribution is 0.0239. The van der Waals surface area contributed by atoms with Crippen LogP contribution in [0.4, 0.5) is 0 Å². The normalized spacial score (nSPS) is 22.0. The van der Waals surface area contributed by atoms with Gasteiger partial charge in [0.25, 0.3) is 0 Å². The predicted octanol–water partition coefficient (Wildman–Crippen LogP) is 3.12. The summed E-state index contributed by atoms with van der Waals surface area (Å²) in [5.74, 6) is 1.16. The average Bonchev–Trinajstić information content (AvgIpc) is 2.59. The minimum absolute atomic E-state index is 0.215. The summed E-state index contributed by atoms with van der Waals surface area (Å²) in [5.41, 5.74) is 2.57. The number of aliphatic hydroxyl groups is 1. The first-order chi connectivity index (χ1) is 11.2. The van der Waals surface area contributed by atoms with Gasteiger partial charge in [0.1, 0.15) is 5.75 Å². The molecule has 1 aliphatic heterocycles. The Morgan fingerprint density at radius 2 is 1.87 bits per heavy atom. The Labute approximate surface area is 138 Å². The Kier molecular flexibility index (Phi) is 5.31. The van der Waals surface area contributed by atoms with Crippen molar-refractivity contribution in [3.8, 4) is 5.75 Å². The van der Waals surface area contributed by atoms with E-state index in [1.165, 1.54) is 11.1 Å². The monoisotopic (exact) mass is 311 g/mol. The topological polar surface area (TPSA) is 32.7 Å². The van der Waals surface area contributed by atoms with Crippen LogP contribution in [0.15, 0.2) is 54.6 Å². The number of nitrogens with zero attached hydrogens (tertiary/aromatic N) is 1. The van der Waals surface area contributed by atoms with Gasteiger partial charge in [-0.1, -0.05) is 42.5 Å². The number of likely N-dealkylation sites (tertiary alicyclic amines) is 1. The van der Waals surface area contributed by atoms with Crippen LogP contribution in [0.5, 0.6) is 5.75 Å². The maximum Gasteiger partial charge on any atom is 0.119 e. The zero-order chi connectivity index (χ0) is 16.1. The molecule has 3 nitrogen and oxygen atoms in total. The fraction of sp³-hybridized carbons (Fsp3) is 0.400. The van der Waals surface area contributed by atoms with Crippen LogP contribution in [0.2, 0.25) is 0 Å². The number of rotatable bonds is 5. The predicted molar refractivity (Wildman–Crippen MR) is 92.5 cm³/mol.